The van der Waals surface area contributed by atoms with Crippen LogP contribution in [0.1, 0.15) is 12.5 Å². The normalized spacial score (nSPS) is 19.2. The fourth-order valence-electron chi connectivity index (χ4n) is 2.67. The van der Waals surface area contributed by atoms with Gasteiger partial charge in [0.1, 0.15) is 0 Å². The largest absolute Gasteiger partial charge is 0.377 e. The van der Waals surface area contributed by atoms with E-state index in [1.165, 1.54) is 0 Å². The number of benzene rings is 1. The van der Waals surface area contributed by atoms with Crippen LogP contribution in [0.3, 0.4) is 0 Å². The molecule has 0 aliphatic carbocycles. The predicted molar refractivity (Wildman–Crippen MR) is 77.4 cm³/mol. The van der Waals surface area contributed by atoms with Gasteiger partial charge in [-0.05, 0) is 18.6 Å². The Hall–Kier alpha value is -1.94. The summed E-state index contributed by atoms with van der Waals surface area (Å²) in [6.45, 7) is 3.96. The number of aromatic nitrogens is 1. The van der Waals surface area contributed by atoms with Crippen molar-refractivity contribution in [1.29, 1.82) is 0 Å². The molecule has 0 spiro atoms. The first-order chi connectivity index (χ1) is 9.75. The number of nitrogens with zero attached hydrogens (tertiary/aromatic N) is 2. The third-order valence-corrected chi connectivity index (χ3v) is 3.75. The van der Waals surface area contributed by atoms with E-state index in [-0.39, 0.29) is 11.9 Å². The highest BCUT2D eigenvalue weighted by Crippen LogP contribution is 2.18. The van der Waals surface area contributed by atoms with E-state index >= 15 is 0 Å². The van der Waals surface area contributed by atoms with Crippen LogP contribution < -0.4 is 0 Å². The number of carbonyl (C=O) groups excluding carboxylic acids is 1. The minimum Gasteiger partial charge on any atom is -0.377 e. The van der Waals surface area contributed by atoms with E-state index in [0.717, 1.165) is 16.5 Å². The maximum Gasteiger partial charge on any atom is 0.227 e. The molecule has 1 aliphatic heterocycles. The Morgan fingerprint density at radius 3 is 3.10 bits per heavy atom. The summed E-state index contributed by atoms with van der Waals surface area (Å²) in [7, 11) is 0. The van der Waals surface area contributed by atoms with Gasteiger partial charge in [0.2, 0.25) is 5.91 Å². The molecule has 20 heavy (non-hydrogen) atoms. The summed E-state index contributed by atoms with van der Waals surface area (Å²) in [6.07, 6.45) is 2.17. The minimum absolute atomic E-state index is 0.152. The van der Waals surface area contributed by atoms with Crippen molar-refractivity contribution in [3.63, 3.8) is 0 Å². The molecule has 3 rings (SSSR count). The zero-order valence-corrected chi connectivity index (χ0v) is 11.6. The van der Waals surface area contributed by atoms with Crippen LogP contribution >= 0.6 is 0 Å². The molecule has 0 N–H and O–H groups in total. The molecule has 1 amide bonds. The molecule has 1 saturated heterocycles. The number of morpholine rings is 1. The molecule has 0 bridgehead atoms. The van der Waals surface area contributed by atoms with Crippen molar-refractivity contribution in [2.45, 2.75) is 19.4 Å². The van der Waals surface area contributed by atoms with E-state index in [1.54, 1.807) is 6.20 Å². The van der Waals surface area contributed by atoms with Crippen LogP contribution in [-0.2, 0) is 16.0 Å². The third-order valence-electron chi connectivity index (χ3n) is 3.75. The fourth-order valence-corrected chi connectivity index (χ4v) is 2.67. The van der Waals surface area contributed by atoms with Gasteiger partial charge in [0.25, 0.3) is 0 Å². The first-order valence-corrected chi connectivity index (χ1v) is 6.95. The minimum atomic E-state index is 0.152. The number of rotatable bonds is 2. The summed E-state index contributed by atoms with van der Waals surface area (Å²) >= 11 is 0. The Balaban J connectivity index is 1.84. The van der Waals surface area contributed by atoms with Crippen LogP contribution in [0.2, 0.25) is 0 Å². The molecule has 1 aromatic heterocycles. The van der Waals surface area contributed by atoms with E-state index < -0.39 is 0 Å². The Morgan fingerprint density at radius 1 is 1.40 bits per heavy atom. The smallest absolute Gasteiger partial charge is 0.227 e. The van der Waals surface area contributed by atoms with Gasteiger partial charge in [-0.25, -0.2) is 0 Å². The van der Waals surface area contributed by atoms with E-state index in [4.69, 9.17) is 4.74 Å². The van der Waals surface area contributed by atoms with Crippen LogP contribution in [0.5, 0.6) is 0 Å². The lowest BCUT2D eigenvalue weighted by Gasteiger charge is -2.33. The summed E-state index contributed by atoms with van der Waals surface area (Å²) in [5.74, 6) is 0.152. The summed E-state index contributed by atoms with van der Waals surface area (Å²) < 4.78 is 5.38. The zero-order valence-electron chi connectivity index (χ0n) is 11.6. The van der Waals surface area contributed by atoms with Gasteiger partial charge in [0.15, 0.2) is 0 Å². The molecule has 0 radical (unpaired) electrons. The van der Waals surface area contributed by atoms with Crippen molar-refractivity contribution in [3.8, 4) is 0 Å². The number of amides is 1. The standard InChI is InChI=1S/C16H18N2O2/c1-12-11-20-9-8-18(12)15(19)10-14-5-2-4-13-6-3-7-17-16(13)14/h2-7,12H,8-11H2,1H3/t12-/m1/s1. The topological polar surface area (TPSA) is 42.4 Å². The van der Waals surface area contributed by atoms with Crippen LogP contribution in [0.15, 0.2) is 36.5 Å². The molecule has 4 heteroatoms. The molecule has 2 heterocycles. The van der Waals surface area contributed by atoms with Gasteiger partial charge in [-0.2, -0.15) is 0 Å². The van der Waals surface area contributed by atoms with E-state index in [0.29, 0.717) is 26.2 Å². The van der Waals surface area contributed by atoms with Crippen molar-refractivity contribution in [1.82, 2.24) is 9.88 Å². The number of hydrogen-bond acceptors (Lipinski definition) is 3. The van der Waals surface area contributed by atoms with Crippen molar-refractivity contribution >= 4 is 16.8 Å². The average Bonchev–Trinajstić information content (AvgIpc) is 2.48. The number of fused-ring (bicyclic) bond motifs is 1. The van der Waals surface area contributed by atoms with Gasteiger partial charge >= 0.3 is 0 Å². The molecule has 4 nitrogen and oxygen atoms in total. The Morgan fingerprint density at radius 2 is 2.25 bits per heavy atom. The quantitative estimate of drug-likeness (QED) is 0.838. The molecule has 1 atom stereocenters. The van der Waals surface area contributed by atoms with Crippen molar-refractivity contribution in [2.75, 3.05) is 19.8 Å². The molecule has 104 valence electrons. The van der Waals surface area contributed by atoms with Crippen LogP contribution in [-0.4, -0.2) is 41.6 Å². The third kappa shape index (κ3) is 2.51. The van der Waals surface area contributed by atoms with E-state index in [1.807, 2.05) is 42.2 Å². The van der Waals surface area contributed by atoms with Crippen LogP contribution in [0.25, 0.3) is 10.9 Å². The highest BCUT2D eigenvalue weighted by atomic mass is 16.5. The first kappa shape index (κ1) is 13.1. The summed E-state index contributed by atoms with van der Waals surface area (Å²) in [6, 6.07) is 10.1. The van der Waals surface area contributed by atoms with Gasteiger partial charge in [-0.15, -0.1) is 0 Å². The molecule has 1 aromatic carbocycles. The second-order valence-corrected chi connectivity index (χ2v) is 5.18. The van der Waals surface area contributed by atoms with Crippen LogP contribution in [0.4, 0.5) is 0 Å². The zero-order chi connectivity index (χ0) is 13.9. The van der Waals surface area contributed by atoms with E-state index in [9.17, 15) is 4.79 Å². The highest BCUT2D eigenvalue weighted by molar-refractivity contribution is 5.87. The molecular weight excluding hydrogens is 252 g/mol. The number of ether oxygens (including phenoxy) is 1. The van der Waals surface area contributed by atoms with Gasteiger partial charge in [0.05, 0.1) is 31.2 Å². The summed E-state index contributed by atoms with van der Waals surface area (Å²) in [4.78, 5) is 18.8. The average molecular weight is 270 g/mol. The summed E-state index contributed by atoms with van der Waals surface area (Å²) in [5.41, 5.74) is 1.91. The maximum absolute atomic E-state index is 12.5. The number of hydrogen-bond donors (Lipinski definition) is 0. The van der Waals surface area contributed by atoms with Gasteiger partial charge in [0, 0.05) is 18.1 Å². The predicted octanol–water partition coefficient (Wildman–Crippen LogP) is 2.02. The summed E-state index contributed by atoms with van der Waals surface area (Å²) in [5, 5.41) is 1.08. The Bertz CT molecular complexity index is 621. The molecule has 1 fully saturated rings. The number of para-hydroxylation sites is 1. The lowest BCUT2D eigenvalue weighted by molar-refractivity contribution is -0.138. The molecule has 0 saturated carbocycles. The lowest BCUT2D eigenvalue weighted by atomic mass is 10.1. The first-order valence-electron chi connectivity index (χ1n) is 6.95. The van der Waals surface area contributed by atoms with Gasteiger partial charge < -0.3 is 9.64 Å². The molecule has 1 aliphatic rings. The monoisotopic (exact) mass is 270 g/mol. The molecular formula is C16H18N2O2. The van der Waals surface area contributed by atoms with E-state index in [2.05, 4.69) is 4.98 Å². The second kappa shape index (κ2) is 5.59. The highest BCUT2D eigenvalue weighted by Gasteiger charge is 2.24. The van der Waals surface area contributed by atoms with Gasteiger partial charge in [-0.1, -0.05) is 24.3 Å². The second-order valence-electron chi connectivity index (χ2n) is 5.18. The van der Waals surface area contributed by atoms with Crippen LogP contribution in [0, 0.1) is 0 Å². The van der Waals surface area contributed by atoms with Crippen molar-refractivity contribution in [3.05, 3.63) is 42.1 Å². The lowest BCUT2D eigenvalue weighted by Crippen LogP contribution is -2.47. The van der Waals surface area contributed by atoms with Crippen molar-refractivity contribution in [2.24, 2.45) is 0 Å². The number of pyridine rings is 1. The molecule has 0 unspecified atom stereocenters. The maximum atomic E-state index is 12.5. The Kier molecular flexibility index (Phi) is 3.65. The Labute approximate surface area is 118 Å². The number of carbonyl (C=O) groups is 1. The van der Waals surface area contributed by atoms with Crippen molar-refractivity contribution < 1.29 is 9.53 Å². The SMILES string of the molecule is C[C@@H]1COCCN1C(=O)Cc1cccc2cccnc12. The molecule has 2 aromatic rings. The fraction of sp³-hybridized carbons (Fsp3) is 0.375. The van der Waals surface area contributed by atoms with Gasteiger partial charge in [-0.3, -0.25) is 9.78 Å².